The highest BCUT2D eigenvalue weighted by Crippen LogP contribution is 2.22. The van der Waals surface area contributed by atoms with E-state index in [1.807, 2.05) is 31.1 Å². The predicted octanol–water partition coefficient (Wildman–Crippen LogP) is 2.76. The number of hydrogen-bond acceptors (Lipinski definition) is 2. The second-order valence-corrected chi connectivity index (χ2v) is 4.24. The topological polar surface area (TPSA) is 29.9 Å². The van der Waals surface area contributed by atoms with Crippen molar-refractivity contribution in [1.29, 1.82) is 0 Å². The van der Waals surface area contributed by atoms with Crippen molar-refractivity contribution in [2.24, 2.45) is 7.05 Å². The van der Waals surface area contributed by atoms with Crippen LogP contribution < -0.4 is 5.32 Å². The number of aryl methyl sites for hydroxylation is 1. The van der Waals surface area contributed by atoms with Gasteiger partial charge >= 0.3 is 0 Å². The van der Waals surface area contributed by atoms with Gasteiger partial charge in [0.1, 0.15) is 5.82 Å². The van der Waals surface area contributed by atoms with E-state index in [-0.39, 0.29) is 0 Å². The van der Waals surface area contributed by atoms with Gasteiger partial charge in [-0.1, -0.05) is 25.1 Å². The van der Waals surface area contributed by atoms with E-state index in [2.05, 4.69) is 41.5 Å². The maximum atomic E-state index is 4.38. The molecule has 0 aliphatic carbocycles. The molecular weight excluding hydrogens is 210 g/mol. The number of hydrogen-bond donors (Lipinski definition) is 1. The van der Waals surface area contributed by atoms with Crippen LogP contribution in [-0.2, 0) is 7.05 Å². The first-order valence-electron chi connectivity index (χ1n) is 6.01. The maximum Gasteiger partial charge on any atom is 0.139 e. The van der Waals surface area contributed by atoms with E-state index in [1.165, 1.54) is 11.1 Å². The third-order valence-corrected chi connectivity index (χ3v) is 3.13. The SMILES string of the molecule is CCC(NC)c1cccc(-c2nccn2C)c1. The highest BCUT2D eigenvalue weighted by Gasteiger charge is 2.09. The third kappa shape index (κ3) is 2.39. The van der Waals surface area contributed by atoms with Gasteiger partial charge in [0.05, 0.1) is 0 Å². The van der Waals surface area contributed by atoms with Crippen LogP contribution in [0.2, 0.25) is 0 Å². The van der Waals surface area contributed by atoms with Crippen molar-refractivity contribution in [1.82, 2.24) is 14.9 Å². The van der Waals surface area contributed by atoms with Gasteiger partial charge in [-0.25, -0.2) is 4.98 Å². The van der Waals surface area contributed by atoms with Gasteiger partial charge < -0.3 is 9.88 Å². The Hall–Kier alpha value is -1.61. The lowest BCUT2D eigenvalue weighted by molar-refractivity contribution is 0.577. The molecule has 1 N–H and O–H groups in total. The van der Waals surface area contributed by atoms with Gasteiger partial charge in [0.15, 0.2) is 0 Å². The molecule has 0 radical (unpaired) electrons. The zero-order valence-corrected chi connectivity index (χ0v) is 10.6. The van der Waals surface area contributed by atoms with Gasteiger partial charge in [-0.15, -0.1) is 0 Å². The van der Waals surface area contributed by atoms with Crippen LogP contribution in [0.3, 0.4) is 0 Å². The Bertz CT molecular complexity index is 484. The van der Waals surface area contributed by atoms with Crippen molar-refractivity contribution in [3.63, 3.8) is 0 Å². The maximum absolute atomic E-state index is 4.38. The van der Waals surface area contributed by atoms with Crippen LogP contribution in [0.25, 0.3) is 11.4 Å². The molecule has 1 aromatic heterocycles. The van der Waals surface area contributed by atoms with Crippen LogP contribution in [-0.4, -0.2) is 16.6 Å². The van der Waals surface area contributed by atoms with E-state index in [4.69, 9.17) is 0 Å². The molecule has 0 amide bonds. The fraction of sp³-hybridized carbons (Fsp3) is 0.357. The quantitative estimate of drug-likeness (QED) is 0.873. The Morgan fingerprint density at radius 3 is 2.82 bits per heavy atom. The first-order valence-corrected chi connectivity index (χ1v) is 6.01. The second kappa shape index (κ2) is 5.15. The summed E-state index contributed by atoms with van der Waals surface area (Å²) >= 11 is 0. The smallest absolute Gasteiger partial charge is 0.139 e. The molecule has 0 saturated carbocycles. The second-order valence-electron chi connectivity index (χ2n) is 4.24. The van der Waals surface area contributed by atoms with Crippen molar-refractivity contribution < 1.29 is 0 Å². The van der Waals surface area contributed by atoms with Gasteiger partial charge in [-0.2, -0.15) is 0 Å². The number of benzene rings is 1. The van der Waals surface area contributed by atoms with E-state index in [9.17, 15) is 0 Å². The molecule has 1 heterocycles. The van der Waals surface area contributed by atoms with Gasteiger partial charge in [0, 0.05) is 31.0 Å². The van der Waals surface area contributed by atoms with E-state index in [0.717, 1.165) is 12.2 Å². The molecule has 1 aromatic carbocycles. The summed E-state index contributed by atoms with van der Waals surface area (Å²) in [6.45, 7) is 2.19. The summed E-state index contributed by atoms with van der Waals surface area (Å²) in [5.74, 6) is 1.01. The normalized spacial score (nSPS) is 12.6. The summed E-state index contributed by atoms with van der Waals surface area (Å²) in [6, 6.07) is 8.99. The summed E-state index contributed by atoms with van der Waals surface area (Å²) < 4.78 is 2.04. The summed E-state index contributed by atoms with van der Waals surface area (Å²) in [6.07, 6.45) is 4.88. The molecule has 2 rings (SSSR count). The van der Waals surface area contributed by atoms with E-state index in [1.54, 1.807) is 0 Å². The molecule has 3 nitrogen and oxygen atoms in total. The number of imidazole rings is 1. The zero-order chi connectivity index (χ0) is 12.3. The summed E-state index contributed by atoms with van der Waals surface area (Å²) in [5, 5.41) is 3.33. The average Bonchev–Trinajstić information content (AvgIpc) is 2.77. The average molecular weight is 229 g/mol. The van der Waals surface area contributed by atoms with Crippen LogP contribution in [0, 0.1) is 0 Å². The zero-order valence-electron chi connectivity index (χ0n) is 10.6. The van der Waals surface area contributed by atoms with Crippen LogP contribution in [0.15, 0.2) is 36.7 Å². The van der Waals surface area contributed by atoms with Crippen molar-refractivity contribution in [2.45, 2.75) is 19.4 Å². The third-order valence-electron chi connectivity index (χ3n) is 3.13. The number of aromatic nitrogens is 2. The van der Waals surface area contributed by atoms with Crippen molar-refractivity contribution in [3.8, 4) is 11.4 Å². The summed E-state index contributed by atoms with van der Waals surface area (Å²) in [7, 11) is 4.02. The number of rotatable bonds is 4. The van der Waals surface area contributed by atoms with Crippen LogP contribution in [0.5, 0.6) is 0 Å². The molecule has 1 atom stereocenters. The molecule has 0 spiro atoms. The standard InChI is InChI=1S/C14H19N3/c1-4-13(15-2)11-6-5-7-12(10-11)14-16-8-9-17(14)3/h5-10,13,15H,4H2,1-3H3. The Kier molecular flexibility index (Phi) is 3.59. The largest absolute Gasteiger partial charge is 0.334 e. The van der Waals surface area contributed by atoms with Gasteiger partial charge in [0.2, 0.25) is 0 Å². The molecule has 1 unspecified atom stereocenters. The molecular formula is C14H19N3. The first-order chi connectivity index (χ1) is 8.26. The molecule has 0 fully saturated rings. The Labute approximate surface area is 103 Å². The van der Waals surface area contributed by atoms with Gasteiger partial charge in [-0.05, 0) is 25.1 Å². The molecule has 90 valence electrons. The molecule has 0 aliphatic rings. The van der Waals surface area contributed by atoms with Crippen LogP contribution >= 0.6 is 0 Å². The minimum atomic E-state index is 0.412. The summed E-state index contributed by atoms with van der Waals surface area (Å²) in [4.78, 5) is 4.38. The Morgan fingerprint density at radius 2 is 2.24 bits per heavy atom. The predicted molar refractivity (Wildman–Crippen MR) is 70.7 cm³/mol. The molecule has 0 bridgehead atoms. The van der Waals surface area contributed by atoms with Gasteiger partial charge in [0.25, 0.3) is 0 Å². The van der Waals surface area contributed by atoms with E-state index in [0.29, 0.717) is 6.04 Å². The lowest BCUT2D eigenvalue weighted by Crippen LogP contribution is -2.15. The van der Waals surface area contributed by atoms with E-state index >= 15 is 0 Å². The van der Waals surface area contributed by atoms with Crippen molar-refractivity contribution in [2.75, 3.05) is 7.05 Å². The minimum Gasteiger partial charge on any atom is -0.334 e. The minimum absolute atomic E-state index is 0.412. The molecule has 0 saturated heterocycles. The highest BCUT2D eigenvalue weighted by molar-refractivity contribution is 5.56. The van der Waals surface area contributed by atoms with Gasteiger partial charge in [-0.3, -0.25) is 0 Å². The fourth-order valence-electron chi connectivity index (χ4n) is 2.14. The molecule has 2 aromatic rings. The number of nitrogens with zero attached hydrogens (tertiary/aromatic N) is 2. The van der Waals surface area contributed by atoms with Crippen LogP contribution in [0.4, 0.5) is 0 Å². The van der Waals surface area contributed by atoms with E-state index < -0.39 is 0 Å². The Morgan fingerprint density at radius 1 is 1.41 bits per heavy atom. The molecule has 0 aliphatic heterocycles. The lowest BCUT2D eigenvalue weighted by Gasteiger charge is -2.15. The Balaban J connectivity index is 2.38. The van der Waals surface area contributed by atoms with Crippen molar-refractivity contribution in [3.05, 3.63) is 42.2 Å². The highest BCUT2D eigenvalue weighted by atomic mass is 15.0. The fourth-order valence-corrected chi connectivity index (χ4v) is 2.14. The van der Waals surface area contributed by atoms with Crippen molar-refractivity contribution >= 4 is 0 Å². The lowest BCUT2D eigenvalue weighted by atomic mass is 10.0. The monoisotopic (exact) mass is 229 g/mol. The first kappa shape index (κ1) is 11.9. The summed E-state index contributed by atoms with van der Waals surface area (Å²) in [5.41, 5.74) is 2.49. The molecule has 3 heteroatoms. The van der Waals surface area contributed by atoms with Crippen LogP contribution in [0.1, 0.15) is 24.9 Å². The number of nitrogens with one attached hydrogen (secondary N) is 1. The molecule has 17 heavy (non-hydrogen) atoms.